The largest absolute Gasteiger partial charge is 0.493 e. The van der Waals surface area contributed by atoms with Gasteiger partial charge >= 0.3 is 0 Å². The van der Waals surface area contributed by atoms with Crippen LogP contribution in [-0.4, -0.2) is 44.2 Å². The van der Waals surface area contributed by atoms with Gasteiger partial charge in [0, 0.05) is 38.3 Å². The Morgan fingerprint density at radius 1 is 1.28 bits per heavy atom. The zero-order valence-corrected chi connectivity index (χ0v) is 11.1. The van der Waals surface area contributed by atoms with Crippen LogP contribution < -0.4 is 10.1 Å². The minimum Gasteiger partial charge on any atom is -0.493 e. The highest BCUT2D eigenvalue weighted by molar-refractivity contribution is 5.57. The number of rotatable bonds is 5. The van der Waals surface area contributed by atoms with Gasteiger partial charge in [0.1, 0.15) is 5.75 Å². The molecule has 1 aromatic rings. The standard InChI is InChI=1S/C15H22N2O/c1-2-18-15-8-4-3-6-14(15)7-5-11-17-12-9-16-10-13-17/h3-8,16H,2,9-13H2,1H3/b7-5+. The lowest BCUT2D eigenvalue weighted by molar-refractivity contribution is 0.265. The van der Waals surface area contributed by atoms with Crippen molar-refractivity contribution < 1.29 is 4.74 Å². The highest BCUT2D eigenvalue weighted by Gasteiger charge is 2.06. The van der Waals surface area contributed by atoms with Crippen LogP contribution in [0.2, 0.25) is 0 Å². The Bertz CT molecular complexity index is 384. The van der Waals surface area contributed by atoms with Crippen molar-refractivity contribution in [1.82, 2.24) is 10.2 Å². The third-order valence-corrected chi connectivity index (χ3v) is 3.09. The lowest BCUT2D eigenvalue weighted by atomic mass is 10.2. The van der Waals surface area contributed by atoms with Crippen molar-refractivity contribution in [2.24, 2.45) is 0 Å². The highest BCUT2D eigenvalue weighted by Crippen LogP contribution is 2.19. The van der Waals surface area contributed by atoms with Crippen LogP contribution in [0.5, 0.6) is 5.75 Å². The molecule has 0 saturated carbocycles. The lowest BCUT2D eigenvalue weighted by Crippen LogP contribution is -2.43. The molecular weight excluding hydrogens is 224 g/mol. The van der Waals surface area contributed by atoms with E-state index in [1.54, 1.807) is 0 Å². The summed E-state index contributed by atoms with van der Waals surface area (Å²) in [5.74, 6) is 0.969. The molecule has 0 amide bonds. The van der Waals surface area contributed by atoms with Gasteiger partial charge in [0.25, 0.3) is 0 Å². The second-order valence-electron chi connectivity index (χ2n) is 4.42. The molecule has 1 aliphatic heterocycles. The van der Waals surface area contributed by atoms with Crippen LogP contribution in [0.1, 0.15) is 12.5 Å². The average Bonchev–Trinajstić information content (AvgIpc) is 2.42. The predicted octanol–water partition coefficient (Wildman–Crippen LogP) is 2.00. The summed E-state index contributed by atoms with van der Waals surface area (Å²) in [7, 11) is 0. The van der Waals surface area contributed by atoms with E-state index < -0.39 is 0 Å². The van der Waals surface area contributed by atoms with Crippen molar-refractivity contribution in [1.29, 1.82) is 0 Å². The summed E-state index contributed by atoms with van der Waals surface area (Å²) in [6.07, 6.45) is 4.39. The summed E-state index contributed by atoms with van der Waals surface area (Å²) in [6, 6.07) is 8.18. The van der Waals surface area contributed by atoms with E-state index in [-0.39, 0.29) is 0 Å². The van der Waals surface area contributed by atoms with E-state index in [0.717, 1.165) is 44.0 Å². The molecule has 18 heavy (non-hydrogen) atoms. The van der Waals surface area contributed by atoms with E-state index in [2.05, 4.69) is 28.4 Å². The van der Waals surface area contributed by atoms with E-state index >= 15 is 0 Å². The molecule has 1 fully saturated rings. The molecule has 0 aromatic heterocycles. The summed E-state index contributed by atoms with van der Waals surface area (Å²) < 4.78 is 5.60. The molecule has 1 N–H and O–H groups in total. The van der Waals surface area contributed by atoms with Gasteiger partial charge in [-0.2, -0.15) is 0 Å². The number of para-hydroxylation sites is 1. The van der Waals surface area contributed by atoms with Crippen LogP contribution in [-0.2, 0) is 0 Å². The number of nitrogens with zero attached hydrogens (tertiary/aromatic N) is 1. The zero-order chi connectivity index (χ0) is 12.6. The Balaban J connectivity index is 1.91. The van der Waals surface area contributed by atoms with Crippen LogP contribution in [0, 0.1) is 0 Å². The van der Waals surface area contributed by atoms with Crippen molar-refractivity contribution in [2.45, 2.75) is 6.92 Å². The summed E-state index contributed by atoms with van der Waals surface area (Å²) in [5, 5.41) is 3.36. The third kappa shape index (κ3) is 3.86. The normalized spacial score (nSPS) is 17.2. The maximum Gasteiger partial charge on any atom is 0.126 e. The SMILES string of the molecule is CCOc1ccccc1/C=C/CN1CCNCC1. The Labute approximate surface area is 109 Å². The smallest absolute Gasteiger partial charge is 0.126 e. The van der Waals surface area contributed by atoms with Crippen molar-refractivity contribution in [2.75, 3.05) is 39.3 Å². The lowest BCUT2D eigenvalue weighted by Gasteiger charge is -2.25. The highest BCUT2D eigenvalue weighted by atomic mass is 16.5. The predicted molar refractivity (Wildman–Crippen MR) is 76.0 cm³/mol. The van der Waals surface area contributed by atoms with Crippen LogP contribution >= 0.6 is 0 Å². The zero-order valence-electron chi connectivity index (χ0n) is 11.1. The van der Waals surface area contributed by atoms with Gasteiger partial charge in [-0.05, 0) is 13.0 Å². The first-order chi connectivity index (χ1) is 8.90. The number of hydrogen-bond acceptors (Lipinski definition) is 3. The number of ether oxygens (including phenoxy) is 1. The summed E-state index contributed by atoms with van der Waals surface area (Å²) in [6.45, 7) is 8.22. The molecule has 3 nitrogen and oxygen atoms in total. The van der Waals surface area contributed by atoms with E-state index in [9.17, 15) is 0 Å². The maximum atomic E-state index is 5.60. The molecule has 1 saturated heterocycles. The van der Waals surface area contributed by atoms with Crippen LogP contribution in [0.4, 0.5) is 0 Å². The second-order valence-corrected chi connectivity index (χ2v) is 4.42. The fourth-order valence-electron chi connectivity index (χ4n) is 2.13. The Morgan fingerprint density at radius 2 is 2.06 bits per heavy atom. The first kappa shape index (κ1) is 13.1. The van der Waals surface area contributed by atoms with Gasteiger partial charge in [-0.15, -0.1) is 0 Å². The first-order valence-electron chi connectivity index (χ1n) is 6.71. The molecule has 1 heterocycles. The maximum absolute atomic E-state index is 5.60. The van der Waals surface area contributed by atoms with Crippen LogP contribution in [0.3, 0.4) is 0 Å². The summed E-state index contributed by atoms with van der Waals surface area (Å²) >= 11 is 0. The minimum atomic E-state index is 0.711. The first-order valence-corrected chi connectivity index (χ1v) is 6.71. The van der Waals surface area contributed by atoms with E-state index in [4.69, 9.17) is 4.74 Å². The van der Waals surface area contributed by atoms with Gasteiger partial charge in [-0.25, -0.2) is 0 Å². The summed E-state index contributed by atoms with van der Waals surface area (Å²) in [5.41, 5.74) is 1.16. The van der Waals surface area contributed by atoms with Crippen molar-refractivity contribution in [3.8, 4) is 5.75 Å². The quantitative estimate of drug-likeness (QED) is 0.860. The molecule has 0 radical (unpaired) electrons. The van der Waals surface area contributed by atoms with E-state index in [1.807, 2.05) is 25.1 Å². The molecule has 0 atom stereocenters. The topological polar surface area (TPSA) is 24.5 Å². The number of nitrogens with one attached hydrogen (secondary N) is 1. The third-order valence-electron chi connectivity index (χ3n) is 3.09. The van der Waals surface area contributed by atoms with E-state index in [1.165, 1.54) is 0 Å². The van der Waals surface area contributed by atoms with Gasteiger partial charge in [0.2, 0.25) is 0 Å². The molecule has 1 aromatic carbocycles. The minimum absolute atomic E-state index is 0.711. The van der Waals surface area contributed by atoms with Crippen LogP contribution in [0.15, 0.2) is 30.3 Å². The van der Waals surface area contributed by atoms with Crippen molar-refractivity contribution in [3.63, 3.8) is 0 Å². The number of benzene rings is 1. The van der Waals surface area contributed by atoms with Crippen molar-refractivity contribution in [3.05, 3.63) is 35.9 Å². The number of hydrogen-bond donors (Lipinski definition) is 1. The molecule has 0 spiro atoms. The molecule has 2 rings (SSSR count). The van der Waals surface area contributed by atoms with Crippen molar-refractivity contribution >= 4 is 6.08 Å². The molecule has 0 bridgehead atoms. The Morgan fingerprint density at radius 3 is 2.83 bits per heavy atom. The van der Waals surface area contributed by atoms with Gasteiger partial charge in [0.15, 0.2) is 0 Å². The Hall–Kier alpha value is -1.32. The molecule has 1 aliphatic rings. The van der Waals surface area contributed by atoms with Gasteiger partial charge in [-0.3, -0.25) is 4.90 Å². The second kappa shape index (κ2) is 7.19. The average molecular weight is 246 g/mol. The van der Waals surface area contributed by atoms with Crippen LogP contribution in [0.25, 0.3) is 6.08 Å². The molecular formula is C15H22N2O. The number of piperazine rings is 1. The fraction of sp³-hybridized carbons (Fsp3) is 0.467. The van der Waals surface area contributed by atoms with Gasteiger partial charge in [-0.1, -0.05) is 30.4 Å². The summed E-state index contributed by atoms with van der Waals surface area (Å²) in [4.78, 5) is 2.45. The van der Waals surface area contributed by atoms with Gasteiger partial charge in [0.05, 0.1) is 6.61 Å². The molecule has 0 unspecified atom stereocenters. The molecule has 0 aliphatic carbocycles. The van der Waals surface area contributed by atoms with E-state index in [0.29, 0.717) is 6.61 Å². The monoisotopic (exact) mass is 246 g/mol. The molecule has 98 valence electrons. The van der Waals surface area contributed by atoms with Gasteiger partial charge < -0.3 is 10.1 Å². The fourth-order valence-corrected chi connectivity index (χ4v) is 2.13. The Kier molecular flexibility index (Phi) is 5.24. The molecule has 3 heteroatoms.